The first kappa shape index (κ1) is 30.1. The molecule has 0 aromatic rings. The molecule has 4 heteroatoms. The molecule has 0 amide bonds. The Kier molecular flexibility index (Phi) is 8.12. The highest BCUT2D eigenvalue weighted by atomic mass is 35.5. The number of fused-ring (bicyclic) bond motifs is 1. The van der Waals surface area contributed by atoms with E-state index in [2.05, 4.69) is 81.0 Å². The van der Waals surface area contributed by atoms with Crippen LogP contribution in [0.3, 0.4) is 0 Å². The minimum absolute atomic E-state index is 0.000408. The number of allylic oxidation sites excluding steroid dienone is 3. The van der Waals surface area contributed by atoms with Gasteiger partial charge in [-0.3, -0.25) is 9.59 Å². The number of carbonyl (C=O) groups excluding carboxylic acids is 2. The summed E-state index contributed by atoms with van der Waals surface area (Å²) < 4.78 is 0. The van der Waals surface area contributed by atoms with E-state index < -0.39 is 10.8 Å². The van der Waals surface area contributed by atoms with Gasteiger partial charge in [0.05, 0.1) is 5.57 Å². The average molecular weight is 528 g/mol. The number of carbonyl (C=O) groups is 2. The van der Waals surface area contributed by atoms with Crippen molar-refractivity contribution < 1.29 is 9.59 Å². The van der Waals surface area contributed by atoms with Crippen LogP contribution < -0.4 is 0 Å². The summed E-state index contributed by atoms with van der Waals surface area (Å²) >= 11 is 6.38. The van der Waals surface area contributed by atoms with Crippen LogP contribution >= 0.6 is 11.6 Å². The summed E-state index contributed by atoms with van der Waals surface area (Å²) in [5.74, 6) is 1.10. The molecule has 206 valence electrons. The fourth-order valence-corrected chi connectivity index (χ4v) is 9.75. The van der Waals surface area contributed by atoms with Crippen LogP contribution in [0.25, 0.3) is 0 Å². The first-order chi connectivity index (χ1) is 17.0. The Labute approximate surface area is 231 Å². The van der Waals surface area contributed by atoms with E-state index in [0.29, 0.717) is 17.4 Å². The van der Waals surface area contributed by atoms with Crippen molar-refractivity contribution in [2.75, 3.05) is 0 Å². The van der Waals surface area contributed by atoms with Gasteiger partial charge >= 0.3 is 0 Å². The summed E-state index contributed by atoms with van der Waals surface area (Å²) in [5.41, 5.74) is 0.174. The lowest BCUT2D eigenvalue weighted by Crippen LogP contribution is -2.59. The topological polar surface area (TPSA) is 57.9 Å². The van der Waals surface area contributed by atoms with Crippen LogP contribution in [0.15, 0.2) is 23.8 Å². The molecule has 0 bridgehead atoms. The van der Waals surface area contributed by atoms with Gasteiger partial charge in [-0.15, -0.1) is 0 Å². The van der Waals surface area contributed by atoms with Gasteiger partial charge in [0.1, 0.15) is 6.07 Å². The summed E-state index contributed by atoms with van der Waals surface area (Å²) in [4.78, 5) is 26.2. The molecule has 0 heterocycles. The predicted molar refractivity (Wildman–Crippen MR) is 153 cm³/mol. The average Bonchev–Trinajstić information content (AvgIpc) is 3.15. The zero-order valence-electron chi connectivity index (χ0n) is 24.9. The zero-order valence-corrected chi connectivity index (χ0v) is 25.6. The molecule has 3 aliphatic rings. The van der Waals surface area contributed by atoms with Gasteiger partial charge in [0, 0.05) is 10.8 Å². The molecule has 3 aliphatic carbocycles. The molecule has 2 fully saturated rings. The highest BCUT2D eigenvalue weighted by Crippen LogP contribution is 2.68. The lowest BCUT2D eigenvalue weighted by Gasteiger charge is -2.64. The summed E-state index contributed by atoms with van der Waals surface area (Å²) in [7, 11) is 0. The molecule has 2 saturated carbocycles. The second-order valence-corrected chi connectivity index (χ2v) is 14.9. The van der Waals surface area contributed by atoms with Gasteiger partial charge in [-0.05, 0) is 103 Å². The number of Topliss-reactive ketones (excluding diaryl/α,β-unsaturated/α-hetero) is 1. The van der Waals surface area contributed by atoms with Crippen molar-refractivity contribution in [2.24, 2.45) is 50.7 Å². The van der Waals surface area contributed by atoms with E-state index in [-0.39, 0.29) is 39.1 Å². The minimum atomic E-state index is -0.544. The van der Waals surface area contributed by atoms with Gasteiger partial charge in [0.15, 0.2) is 5.78 Å². The van der Waals surface area contributed by atoms with Crippen LogP contribution in [0.5, 0.6) is 0 Å². The van der Waals surface area contributed by atoms with E-state index in [1.54, 1.807) is 0 Å². The van der Waals surface area contributed by atoms with Crippen molar-refractivity contribution in [2.45, 2.75) is 114 Å². The number of nitrogens with zero attached hydrogens (tertiary/aromatic N) is 1. The van der Waals surface area contributed by atoms with Crippen molar-refractivity contribution in [3.63, 3.8) is 0 Å². The molecule has 3 nitrogen and oxygen atoms in total. The van der Waals surface area contributed by atoms with E-state index in [1.807, 2.05) is 0 Å². The van der Waals surface area contributed by atoms with Gasteiger partial charge in [0.25, 0.3) is 0 Å². The summed E-state index contributed by atoms with van der Waals surface area (Å²) in [6.45, 7) is 24.4. The third-order valence-corrected chi connectivity index (χ3v) is 12.6. The SMILES string of the molecule is C=C(C)[C@@H]1CC[C@@](CCC(C)(C)[C@]2(C)CC[C@H]3C(C)(C)C(=O)C(C#N)=C[C@]3(C)[C@H]2CCC)(C(=O)Cl)[C@H]1C. The van der Waals surface area contributed by atoms with Gasteiger partial charge in [-0.25, -0.2) is 0 Å². The number of rotatable bonds is 8. The summed E-state index contributed by atoms with van der Waals surface area (Å²) in [6, 6.07) is 2.25. The molecular formula is C33H50ClNO2. The summed E-state index contributed by atoms with van der Waals surface area (Å²) in [6.07, 6.45) is 9.72. The lowest BCUT2D eigenvalue weighted by atomic mass is 9.39. The molecule has 3 rings (SSSR count). The molecule has 0 N–H and O–H groups in total. The van der Waals surface area contributed by atoms with Crippen molar-refractivity contribution >= 4 is 22.6 Å². The first-order valence-corrected chi connectivity index (χ1v) is 14.9. The van der Waals surface area contributed by atoms with Crippen LogP contribution in [-0.4, -0.2) is 11.0 Å². The fraction of sp³-hybridized carbons (Fsp3) is 0.788. The molecular weight excluding hydrogens is 478 g/mol. The quantitative estimate of drug-likeness (QED) is 0.233. The monoisotopic (exact) mass is 527 g/mol. The van der Waals surface area contributed by atoms with E-state index in [4.69, 9.17) is 11.6 Å². The molecule has 0 aromatic heterocycles. The Morgan fingerprint density at radius 2 is 1.84 bits per heavy atom. The van der Waals surface area contributed by atoms with Crippen LogP contribution in [-0.2, 0) is 9.59 Å². The zero-order chi connectivity index (χ0) is 28.2. The van der Waals surface area contributed by atoms with Crippen LogP contribution in [0, 0.1) is 62.1 Å². The summed E-state index contributed by atoms with van der Waals surface area (Å²) in [5, 5.41) is 9.71. The maximum Gasteiger partial charge on any atom is 0.228 e. The number of nitriles is 1. The van der Waals surface area contributed by atoms with E-state index in [9.17, 15) is 14.9 Å². The van der Waals surface area contributed by atoms with Gasteiger partial charge < -0.3 is 0 Å². The number of hydrogen-bond donors (Lipinski definition) is 0. The Hall–Kier alpha value is -1.40. The van der Waals surface area contributed by atoms with E-state index in [1.165, 1.54) is 0 Å². The Balaban J connectivity index is 2.01. The Morgan fingerprint density at radius 1 is 1.22 bits per heavy atom. The third-order valence-electron chi connectivity index (χ3n) is 12.2. The lowest BCUT2D eigenvalue weighted by molar-refractivity contribution is -0.153. The van der Waals surface area contributed by atoms with E-state index >= 15 is 0 Å². The number of halogens is 1. The van der Waals surface area contributed by atoms with Crippen LogP contribution in [0.1, 0.15) is 114 Å². The predicted octanol–water partition coefficient (Wildman–Crippen LogP) is 9.06. The Bertz CT molecular complexity index is 1030. The maximum atomic E-state index is 13.2. The molecule has 37 heavy (non-hydrogen) atoms. The van der Waals surface area contributed by atoms with Gasteiger partial charge in [-0.1, -0.05) is 80.0 Å². The molecule has 0 spiro atoms. The molecule has 0 aromatic carbocycles. The maximum absolute atomic E-state index is 13.2. The van der Waals surface area contributed by atoms with E-state index in [0.717, 1.165) is 56.9 Å². The minimum Gasteiger partial charge on any atom is -0.293 e. The van der Waals surface area contributed by atoms with Crippen LogP contribution in [0.2, 0.25) is 0 Å². The Morgan fingerprint density at radius 3 is 2.32 bits per heavy atom. The van der Waals surface area contributed by atoms with Crippen molar-refractivity contribution in [3.8, 4) is 6.07 Å². The van der Waals surface area contributed by atoms with Gasteiger partial charge in [-0.2, -0.15) is 5.26 Å². The second-order valence-electron chi connectivity index (χ2n) is 14.5. The highest BCUT2D eigenvalue weighted by molar-refractivity contribution is 6.64. The second kappa shape index (κ2) is 9.97. The first-order valence-electron chi connectivity index (χ1n) is 14.5. The molecule has 0 unspecified atom stereocenters. The van der Waals surface area contributed by atoms with Crippen LogP contribution in [0.4, 0.5) is 0 Å². The molecule has 0 radical (unpaired) electrons. The molecule has 7 atom stereocenters. The highest BCUT2D eigenvalue weighted by Gasteiger charge is 2.63. The van der Waals surface area contributed by atoms with Gasteiger partial charge in [0.2, 0.25) is 5.24 Å². The smallest absolute Gasteiger partial charge is 0.228 e. The fourth-order valence-electron chi connectivity index (χ4n) is 9.39. The standard InChI is InChI=1S/C33H50ClNO2/c1-11-12-26-31(9)19-23(20-35)27(36)30(7,8)25(31)14-15-32(26,10)29(5,6)17-18-33(28(34)37)16-13-24(21(2)3)22(33)4/h19,22,24-26H,2,11-18H2,1,3-10H3/t22-,24-,25-,26+,31-,32+,33-/m0/s1. The normalized spacial score (nSPS) is 39.5. The molecule has 0 saturated heterocycles. The largest absolute Gasteiger partial charge is 0.293 e. The number of ketones is 1. The van der Waals surface area contributed by atoms with Crippen molar-refractivity contribution in [3.05, 3.63) is 23.8 Å². The third kappa shape index (κ3) is 4.48. The van der Waals surface area contributed by atoms with Crippen molar-refractivity contribution in [1.29, 1.82) is 5.26 Å². The molecule has 0 aliphatic heterocycles. The van der Waals surface area contributed by atoms with Crippen molar-refractivity contribution in [1.82, 2.24) is 0 Å². The number of hydrogen-bond acceptors (Lipinski definition) is 3.